The van der Waals surface area contributed by atoms with Crippen LogP contribution in [0.5, 0.6) is 0 Å². The molecule has 0 aliphatic heterocycles. The SMILES string of the molecule is C=CCNC(=O)C(C)NCCCN(CC)CC. The van der Waals surface area contributed by atoms with E-state index in [0.29, 0.717) is 6.54 Å². The maximum atomic E-state index is 11.5. The third-order valence-corrected chi connectivity index (χ3v) is 2.81. The number of nitrogens with one attached hydrogen (secondary N) is 2. The lowest BCUT2D eigenvalue weighted by Crippen LogP contribution is -2.43. The molecular formula is C13H27N3O. The predicted molar refractivity (Wildman–Crippen MR) is 73.1 cm³/mol. The fraction of sp³-hybridized carbons (Fsp3) is 0.769. The quantitative estimate of drug-likeness (QED) is 0.443. The molecule has 0 heterocycles. The van der Waals surface area contributed by atoms with Crippen molar-refractivity contribution in [2.24, 2.45) is 0 Å². The Hall–Kier alpha value is -0.870. The van der Waals surface area contributed by atoms with Crippen LogP contribution in [0.3, 0.4) is 0 Å². The van der Waals surface area contributed by atoms with Gasteiger partial charge in [0.05, 0.1) is 6.04 Å². The predicted octanol–water partition coefficient (Wildman–Crippen LogP) is 0.999. The van der Waals surface area contributed by atoms with Gasteiger partial charge in [0.2, 0.25) is 5.91 Å². The Morgan fingerprint density at radius 2 is 2.06 bits per heavy atom. The zero-order chi connectivity index (χ0) is 13.1. The van der Waals surface area contributed by atoms with E-state index >= 15 is 0 Å². The molecule has 1 unspecified atom stereocenters. The van der Waals surface area contributed by atoms with Gasteiger partial charge in [0.15, 0.2) is 0 Å². The molecular weight excluding hydrogens is 214 g/mol. The minimum absolute atomic E-state index is 0.0349. The van der Waals surface area contributed by atoms with Gasteiger partial charge in [-0.25, -0.2) is 0 Å². The molecule has 0 aliphatic carbocycles. The highest BCUT2D eigenvalue weighted by atomic mass is 16.2. The molecule has 100 valence electrons. The average molecular weight is 241 g/mol. The number of amides is 1. The van der Waals surface area contributed by atoms with Gasteiger partial charge in [0.25, 0.3) is 0 Å². The Balaban J connectivity index is 3.59. The van der Waals surface area contributed by atoms with Gasteiger partial charge in [-0.15, -0.1) is 6.58 Å². The Morgan fingerprint density at radius 3 is 2.59 bits per heavy atom. The second-order valence-electron chi connectivity index (χ2n) is 4.09. The maximum absolute atomic E-state index is 11.5. The summed E-state index contributed by atoms with van der Waals surface area (Å²) >= 11 is 0. The van der Waals surface area contributed by atoms with Gasteiger partial charge in [0.1, 0.15) is 0 Å². The number of carbonyl (C=O) groups excluding carboxylic acids is 1. The van der Waals surface area contributed by atoms with Crippen LogP contribution in [-0.4, -0.2) is 49.6 Å². The van der Waals surface area contributed by atoms with E-state index in [1.54, 1.807) is 6.08 Å². The van der Waals surface area contributed by atoms with Crippen molar-refractivity contribution in [3.8, 4) is 0 Å². The van der Waals surface area contributed by atoms with E-state index < -0.39 is 0 Å². The van der Waals surface area contributed by atoms with E-state index in [9.17, 15) is 4.79 Å². The van der Waals surface area contributed by atoms with Crippen molar-refractivity contribution in [3.63, 3.8) is 0 Å². The minimum atomic E-state index is -0.133. The van der Waals surface area contributed by atoms with Gasteiger partial charge < -0.3 is 15.5 Å². The smallest absolute Gasteiger partial charge is 0.237 e. The summed E-state index contributed by atoms with van der Waals surface area (Å²) in [5, 5.41) is 6.00. The lowest BCUT2D eigenvalue weighted by Gasteiger charge is -2.19. The molecule has 1 amide bonds. The van der Waals surface area contributed by atoms with Crippen molar-refractivity contribution in [2.45, 2.75) is 33.2 Å². The van der Waals surface area contributed by atoms with Crippen LogP contribution in [0.2, 0.25) is 0 Å². The molecule has 2 N–H and O–H groups in total. The van der Waals surface area contributed by atoms with Crippen LogP contribution in [0.15, 0.2) is 12.7 Å². The average Bonchev–Trinajstić information content (AvgIpc) is 2.35. The summed E-state index contributed by atoms with van der Waals surface area (Å²) in [6.07, 6.45) is 2.76. The largest absolute Gasteiger partial charge is 0.351 e. The molecule has 0 aromatic heterocycles. The van der Waals surface area contributed by atoms with Crippen LogP contribution in [0.1, 0.15) is 27.2 Å². The van der Waals surface area contributed by atoms with Gasteiger partial charge in [-0.2, -0.15) is 0 Å². The molecule has 4 nitrogen and oxygen atoms in total. The molecule has 0 rings (SSSR count). The summed E-state index contributed by atoms with van der Waals surface area (Å²) in [5.74, 6) is 0.0349. The Morgan fingerprint density at radius 1 is 1.41 bits per heavy atom. The Bertz CT molecular complexity index is 215. The maximum Gasteiger partial charge on any atom is 0.237 e. The zero-order valence-electron chi connectivity index (χ0n) is 11.5. The summed E-state index contributed by atoms with van der Waals surface area (Å²) < 4.78 is 0. The van der Waals surface area contributed by atoms with Crippen LogP contribution in [0.4, 0.5) is 0 Å². The van der Waals surface area contributed by atoms with Crippen LogP contribution in [0.25, 0.3) is 0 Å². The highest BCUT2D eigenvalue weighted by molar-refractivity contribution is 5.81. The highest BCUT2D eigenvalue weighted by Crippen LogP contribution is 1.90. The lowest BCUT2D eigenvalue weighted by atomic mass is 10.3. The van der Waals surface area contributed by atoms with E-state index in [1.807, 2.05) is 6.92 Å². The summed E-state index contributed by atoms with van der Waals surface area (Å²) in [6, 6.07) is -0.133. The zero-order valence-corrected chi connectivity index (χ0v) is 11.5. The van der Waals surface area contributed by atoms with Crippen molar-refractivity contribution in [1.29, 1.82) is 0 Å². The topological polar surface area (TPSA) is 44.4 Å². The number of hydrogen-bond acceptors (Lipinski definition) is 3. The highest BCUT2D eigenvalue weighted by Gasteiger charge is 2.10. The monoisotopic (exact) mass is 241 g/mol. The van der Waals surface area contributed by atoms with Gasteiger partial charge in [-0.1, -0.05) is 19.9 Å². The summed E-state index contributed by atoms with van der Waals surface area (Å²) in [5.41, 5.74) is 0. The van der Waals surface area contributed by atoms with Crippen molar-refractivity contribution >= 4 is 5.91 Å². The molecule has 0 saturated carbocycles. The Kier molecular flexibility index (Phi) is 9.77. The molecule has 0 radical (unpaired) electrons. The molecule has 4 heteroatoms. The van der Waals surface area contributed by atoms with E-state index in [4.69, 9.17) is 0 Å². The van der Waals surface area contributed by atoms with E-state index in [0.717, 1.165) is 32.6 Å². The second kappa shape index (κ2) is 10.3. The first-order chi connectivity index (χ1) is 8.15. The van der Waals surface area contributed by atoms with E-state index in [2.05, 4.69) is 36.0 Å². The second-order valence-corrected chi connectivity index (χ2v) is 4.09. The first kappa shape index (κ1) is 16.1. The third-order valence-electron chi connectivity index (χ3n) is 2.81. The Labute approximate surface area is 105 Å². The standard InChI is InChI=1S/C13H27N3O/c1-5-9-15-13(17)12(4)14-10-8-11-16(6-2)7-3/h5,12,14H,1,6-11H2,2-4H3,(H,15,17). The molecule has 0 spiro atoms. The molecule has 0 saturated heterocycles. The summed E-state index contributed by atoms with van der Waals surface area (Å²) in [4.78, 5) is 13.9. The summed E-state index contributed by atoms with van der Waals surface area (Å²) in [6.45, 7) is 14.5. The fourth-order valence-corrected chi connectivity index (χ4v) is 1.58. The normalized spacial score (nSPS) is 12.5. The molecule has 1 atom stereocenters. The van der Waals surface area contributed by atoms with Crippen LogP contribution in [0, 0.1) is 0 Å². The van der Waals surface area contributed by atoms with Crippen LogP contribution >= 0.6 is 0 Å². The fourth-order valence-electron chi connectivity index (χ4n) is 1.58. The molecule has 0 aromatic carbocycles. The van der Waals surface area contributed by atoms with Gasteiger partial charge in [-0.05, 0) is 39.5 Å². The molecule has 17 heavy (non-hydrogen) atoms. The first-order valence-corrected chi connectivity index (χ1v) is 6.50. The number of rotatable bonds is 10. The van der Waals surface area contributed by atoms with Crippen molar-refractivity contribution in [2.75, 3.05) is 32.7 Å². The molecule has 0 bridgehead atoms. The van der Waals surface area contributed by atoms with Gasteiger partial charge in [0, 0.05) is 6.54 Å². The van der Waals surface area contributed by atoms with Crippen molar-refractivity contribution < 1.29 is 4.79 Å². The lowest BCUT2D eigenvalue weighted by molar-refractivity contribution is -0.122. The van der Waals surface area contributed by atoms with E-state index in [-0.39, 0.29) is 11.9 Å². The third kappa shape index (κ3) is 7.94. The van der Waals surface area contributed by atoms with Crippen molar-refractivity contribution in [1.82, 2.24) is 15.5 Å². The van der Waals surface area contributed by atoms with E-state index in [1.165, 1.54) is 0 Å². The number of nitrogens with zero attached hydrogens (tertiary/aromatic N) is 1. The first-order valence-electron chi connectivity index (χ1n) is 6.50. The van der Waals surface area contributed by atoms with Gasteiger partial charge in [-0.3, -0.25) is 4.79 Å². The van der Waals surface area contributed by atoms with Crippen LogP contribution in [-0.2, 0) is 4.79 Å². The summed E-state index contributed by atoms with van der Waals surface area (Å²) in [7, 11) is 0. The van der Waals surface area contributed by atoms with Crippen molar-refractivity contribution in [3.05, 3.63) is 12.7 Å². The minimum Gasteiger partial charge on any atom is -0.351 e. The van der Waals surface area contributed by atoms with Gasteiger partial charge >= 0.3 is 0 Å². The number of carbonyl (C=O) groups is 1. The molecule has 0 fully saturated rings. The van der Waals surface area contributed by atoms with Crippen LogP contribution < -0.4 is 10.6 Å². The number of hydrogen-bond donors (Lipinski definition) is 2. The molecule has 0 aliphatic rings. The molecule has 0 aromatic rings.